The first-order valence-electron chi connectivity index (χ1n) is 9.05. The van der Waals surface area contributed by atoms with Gasteiger partial charge in [-0.2, -0.15) is 10.2 Å². The number of aryl methyl sites for hydroxylation is 2. The number of hydrogen-bond acceptors (Lipinski definition) is 5. The number of aromatic nitrogens is 5. The van der Waals surface area contributed by atoms with Gasteiger partial charge >= 0.3 is 0 Å². The highest BCUT2D eigenvalue weighted by Crippen LogP contribution is 2.31. The Kier molecular flexibility index (Phi) is 4.64. The predicted molar refractivity (Wildman–Crippen MR) is 100 cm³/mol. The molecule has 0 unspecified atom stereocenters. The summed E-state index contributed by atoms with van der Waals surface area (Å²) in [4.78, 5) is 31.7. The van der Waals surface area contributed by atoms with E-state index in [4.69, 9.17) is 0 Å². The molecule has 2 N–H and O–H groups in total. The lowest BCUT2D eigenvalue weighted by Gasteiger charge is -2.21. The van der Waals surface area contributed by atoms with Crippen LogP contribution in [0.25, 0.3) is 0 Å². The minimum absolute atomic E-state index is 0.156. The Hall–Kier alpha value is -3.49. The molecule has 9 nitrogen and oxygen atoms in total. The van der Waals surface area contributed by atoms with Crippen LogP contribution in [0.1, 0.15) is 44.8 Å². The lowest BCUT2D eigenvalue weighted by Crippen LogP contribution is -2.38. The summed E-state index contributed by atoms with van der Waals surface area (Å²) in [6.45, 7) is 2.19. The second-order valence-electron chi connectivity index (χ2n) is 6.93. The fraction of sp³-hybridized carbons (Fsp3) is 0.316. The topological polar surface area (TPSA) is 109 Å². The van der Waals surface area contributed by atoms with Crippen molar-refractivity contribution in [2.24, 2.45) is 7.05 Å². The monoisotopic (exact) mass is 379 g/mol. The molecular formula is C19H21N7O2. The van der Waals surface area contributed by atoms with Crippen LogP contribution in [0.2, 0.25) is 0 Å². The van der Waals surface area contributed by atoms with Gasteiger partial charge in [0.25, 0.3) is 11.8 Å². The van der Waals surface area contributed by atoms with Gasteiger partial charge in [0.1, 0.15) is 5.82 Å². The van der Waals surface area contributed by atoms with Gasteiger partial charge in [0.05, 0.1) is 17.8 Å². The van der Waals surface area contributed by atoms with E-state index in [-0.39, 0.29) is 23.9 Å². The van der Waals surface area contributed by atoms with Crippen molar-refractivity contribution < 1.29 is 9.59 Å². The van der Waals surface area contributed by atoms with Crippen LogP contribution in [0, 0.1) is 6.92 Å². The second-order valence-corrected chi connectivity index (χ2v) is 6.93. The fourth-order valence-corrected chi connectivity index (χ4v) is 3.47. The smallest absolute Gasteiger partial charge is 0.257 e. The van der Waals surface area contributed by atoms with Gasteiger partial charge in [-0.05, 0) is 25.5 Å². The zero-order valence-corrected chi connectivity index (χ0v) is 15.7. The lowest BCUT2D eigenvalue weighted by atomic mass is 10.1. The number of nitrogens with zero attached hydrogens (tertiary/aromatic N) is 5. The molecule has 1 aromatic carbocycles. The average molecular weight is 379 g/mol. The first-order chi connectivity index (χ1) is 13.5. The van der Waals surface area contributed by atoms with E-state index in [1.54, 1.807) is 41.2 Å². The van der Waals surface area contributed by atoms with Crippen molar-refractivity contribution in [2.75, 3.05) is 6.54 Å². The minimum atomic E-state index is -0.321. The number of benzene rings is 1. The fourth-order valence-electron chi connectivity index (χ4n) is 3.47. The number of H-pyrrole nitrogens is 1. The predicted octanol–water partition coefficient (Wildman–Crippen LogP) is 1.23. The number of carbonyl (C=O) groups is 2. The Labute approximate surface area is 161 Å². The van der Waals surface area contributed by atoms with E-state index < -0.39 is 0 Å². The average Bonchev–Trinajstić information content (AvgIpc) is 3.42. The van der Waals surface area contributed by atoms with Gasteiger partial charge < -0.3 is 10.2 Å². The van der Waals surface area contributed by atoms with Crippen molar-refractivity contribution >= 4 is 11.8 Å². The molecule has 0 aliphatic carbocycles. The summed E-state index contributed by atoms with van der Waals surface area (Å²) in [5.41, 5.74) is 1.08. The minimum Gasteiger partial charge on any atom is -0.347 e. The number of aromatic amines is 1. The van der Waals surface area contributed by atoms with E-state index in [0.717, 1.165) is 0 Å². The molecule has 1 saturated heterocycles. The van der Waals surface area contributed by atoms with Crippen LogP contribution < -0.4 is 5.32 Å². The van der Waals surface area contributed by atoms with Crippen LogP contribution in [-0.2, 0) is 7.05 Å². The zero-order chi connectivity index (χ0) is 19.7. The van der Waals surface area contributed by atoms with Gasteiger partial charge in [0, 0.05) is 31.4 Å². The number of likely N-dealkylation sites (tertiary alicyclic amines) is 1. The van der Waals surface area contributed by atoms with Gasteiger partial charge in [-0.3, -0.25) is 19.4 Å². The quantitative estimate of drug-likeness (QED) is 0.709. The first kappa shape index (κ1) is 17.9. The number of carbonyl (C=O) groups excluding carboxylic acids is 2. The van der Waals surface area contributed by atoms with Crippen molar-refractivity contribution in [1.29, 1.82) is 0 Å². The molecule has 3 heterocycles. The van der Waals surface area contributed by atoms with Crippen molar-refractivity contribution in [1.82, 2.24) is 35.2 Å². The van der Waals surface area contributed by atoms with Crippen LogP contribution in [0.3, 0.4) is 0 Å². The molecular weight excluding hydrogens is 358 g/mol. The largest absolute Gasteiger partial charge is 0.347 e. The van der Waals surface area contributed by atoms with Crippen molar-refractivity contribution in [2.45, 2.75) is 25.4 Å². The molecule has 2 atom stereocenters. The van der Waals surface area contributed by atoms with E-state index >= 15 is 0 Å². The molecule has 28 heavy (non-hydrogen) atoms. The van der Waals surface area contributed by atoms with E-state index in [1.165, 1.54) is 0 Å². The molecule has 9 heteroatoms. The van der Waals surface area contributed by atoms with Gasteiger partial charge in [-0.15, -0.1) is 0 Å². The second kappa shape index (κ2) is 7.26. The summed E-state index contributed by atoms with van der Waals surface area (Å²) in [6.07, 6.45) is 3.76. The molecule has 0 saturated carbocycles. The maximum absolute atomic E-state index is 13.0. The Morgan fingerprint density at radius 1 is 1.21 bits per heavy atom. The molecule has 1 fully saturated rings. The van der Waals surface area contributed by atoms with Crippen molar-refractivity contribution in [3.63, 3.8) is 0 Å². The maximum Gasteiger partial charge on any atom is 0.257 e. The summed E-state index contributed by atoms with van der Waals surface area (Å²) in [5.74, 6) is 0.912. The summed E-state index contributed by atoms with van der Waals surface area (Å²) < 4.78 is 1.59. The van der Waals surface area contributed by atoms with Crippen molar-refractivity contribution in [3.8, 4) is 0 Å². The Morgan fingerprint density at radius 2 is 2.00 bits per heavy atom. The van der Waals surface area contributed by atoms with Gasteiger partial charge in [0.2, 0.25) is 0 Å². The third-order valence-corrected chi connectivity index (χ3v) is 4.80. The van der Waals surface area contributed by atoms with E-state index in [9.17, 15) is 9.59 Å². The van der Waals surface area contributed by atoms with E-state index in [1.807, 2.05) is 25.1 Å². The van der Waals surface area contributed by atoms with Gasteiger partial charge in [0.15, 0.2) is 5.82 Å². The number of amides is 2. The number of nitrogens with one attached hydrogen (secondary N) is 2. The lowest BCUT2D eigenvalue weighted by molar-refractivity contribution is 0.0724. The summed E-state index contributed by atoms with van der Waals surface area (Å²) in [6, 6.07) is 8.51. The molecule has 4 rings (SSSR count). The number of hydrogen-bond donors (Lipinski definition) is 2. The third kappa shape index (κ3) is 3.51. The molecule has 0 bridgehead atoms. The van der Waals surface area contributed by atoms with Gasteiger partial charge in [-0.1, -0.05) is 18.2 Å². The molecule has 1 aliphatic heterocycles. The van der Waals surface area contributed by atoms with Gasteiger partial charge in [-0.25, -0.2) is 4.98 Å². The molecule has 2 aromatic heterocycles. The normalized spacial score (nSPS) is 19.0. The van der Waals surface area contributed by atoms with E-state index in [0.29, 0.717) is 35.7 Å². The zero-order valence-electron chi connectivity index (χ0n) is 15.7. The van der Waals surface area contributed by atoms with Crippen molar-refractivity contribution in [3.05, 3.63) is 65.5 Å². The molecule has 0 spiro atoms. The van der Waals surface area contributed by atoms with Crippen LogP contribution in [0.5, 0.6) is 0 Å². The molecule has 3 aromatic rings. The number of rotatable bonds is 4. The maximum atomic E-state index is 13.0. The van der Waals surface area contributed by atoms with Crippen LogP contribution in [0.4, 0.5) is 0 Å². The SMILES string of the molecule is Cc1nc([C@@H]2C[C@H](NC(=O)c3ccccc3)CN2C(=O)c2cnn(C)c2)n[nH]1. The Bertz CT molecular complexity index is 995. The summed E-state index contributed by atoms with van der Waals surface area (Å²) >= 11 is 0. The van der Waals surface area contributed by atoms with Crippen LogP contribution in [0.15, 0.2) is 42.7 Å². The Balaban J connectivity index is 1.56. The van der Waals surface area contributed by atoms with Crippen LogP contribution in [-0.4, -0.2) is 54.3 Å². The Morgan fingerprint density at radius 3 is 2.64 bits per heavy atom. The molecule has 144 valence electrons. The highest BCUT2D eigenvalue weighted by atomic mass is 16.2. The summed E-state index contributed by atoms with van der Waals surface area (Å²) in [7, 11) is 1.76. The molecule has 0 radical (unpaired) electrons. The molecule has 1 aliphatic rings. The van der Waals surface area contributed by atoms with E-state index in [2.05, 4.69) is 25.6 Å². The highest BCUT2D eigenvalue weighted by Gasteiger charge is 2.39. The third-order valence-electron chi connectivity index (χ3n) is 4.80. The first-order valence-corrected chi connectivity index (χ1v) is 9.05. The standard InChI is InChI=1S/C19H21N7O2/c1-12-21-17(24-23-12)16-8-15(22-18(27)13-6-4-3-5-7-13)11-26(16)19(28)14-9-20-25(2)10-14/h3-7,9-10,15-16H,8,11H2,1-2H3,(H,22,27)(H,21,23,24)/t15-,16-/m0/s1. The van der Waals surface area contributed by atoms with Crippen LogP contribution >= 0.6 is 0 Å². The summed E-state index contributed by atoms with van der Waals surface area (Å²) in [5, 5.41) is 14.2. The molecule has 2 amide bonds. The highest BCUT2D eigenvalue weighted by molar-refractivity contribution is 5.95.